The Morgan fingerprint density at radius 2 is 1.67 bits per heavy atom. The van der Waals surface area contributed by atoms with E-state index >= 15 is 0 Å². The summed E-state index contributed by atoms with van der Waals surface area (Å²) in [6.07, 6.45) is 1.44. The van der Waals surface area contributed by atoms with Gasteiger partial charge in [0.2, 0.25) is 0 Å². The van der Waals surface area contributed by atoms with Crippen molar-refractivity contribution in [3.05, 3.63) is 65.0 Å². The summed E-state index contributed by atoms with van der Waals surface area (Å²) in [5.74, 6) is -0.133. The highest BCUT2D eigenvalue weighted by atomic mass is 32.1. The number of carbonyl (C=O) groups excluding carboxylic acids is 2. The molecule has 1 aliphatic rings. The van der Waals surface area contributed by atoms with Gasteiger partial charge in [-0.1, -0.05) is 12.1 Å². The van der Waals surface area contributed by atoms with Gasteiger partial charge in [0.25, 0.3) is 11.8 Å². The smallest absolute Gasteiger partial charge is 0.253 e. The Kier molecular flexibility index (Phi) is 5.72. The largest absolute Gasteiger partial charge is 0.349 e. The Morgan fingerprint density at radius 1 is 1.00 bits per heavy atom. The first-order chi connectivity index (χ1) is 14.4. The topological polar surface area (TPSA) is 75.2 Å². The van der Waals surface area contributed by atoms with Gasteiger partial charge >= 0.3 is 0 Å². The Labute approximate surface area is 181 Å². The molecular formula is C23H24N4O2S. The fourth-order valence-corrected chi connectivity index (χ4v) is 3.96. The molecule has 0 spiro atoms. The van der Waals surface area contributed by atoms with Crippen molar-refractivity contribution < 1.29 is 9.59 Å². The molecule has 0 aliphatic carbocycles. The molecule has 1 N–H and O–H groups in total. The fraction of sp³-hybridized carbons (Fsp3) is 0.304. The van der Waals surface area contributed by atoms with Crippen molar-refractivity contribution in [2.75, 3.05) is 13.1 Å². The highest BCUT2D eigenvalue weighted by Crippen LogP contribution is 2.19. The number of nitrogens with one attached hydrogen (secondary N) is 1. The van der Waals surface area contributed by atoms with E-state index in [9.17, 15) is 9.59 Å². The molecule has 7 heteroatoms. The molecule has 1 fully saturated rings. The Balaban J connectivity index is 1.39. The molecule has 6 nitrogen and oxygen atoms in total. The Bertz CT molecular complexity index is 1120. The molecule has 0 saturated carbocycles. The number of hydrogen-bond donors (Lipinski definition) is 2. The minimum atomic E-state index is -0.121. The van der Waals surface area contributed by atoms with Crippen LogP contribution in [0.4, 0.5) is 0 Å². The molecule has 0 unspecified atom stereocenters. The average molecular weight is 421 g/mol. The summed E-state index contributed by atoms with van der Waals surface area (Å²) in [4.78, 5) is 37.0. The quantitative estimate of drug-likeness (QED) is 0.635. The van der Waals surface area contributed by atoms with Gasteiger partial charge in [0, 0.05) is 29.6 Å². The van der Waals surface area contributed by atoms with Crippen molar-refractivity contribution in [1.82, 2.24) is 20.2 Å². The third kappa shape index (κ3) is 4.16. The first kappa shape index (κ1) is 20.3. The lowest BCUT2D eigenvalue weighted by atomic mass is 10.0. The number of piperidine rings is 1. The summed E-state index contributed by atoms with van der Waals surface area (Å²) in [5.41, 5.74) is 4.48. The zero-order chi connectivity index (χ0) is 21.3. The van der Waals surface area contributed by atoms with E-state index in [0.717, 1.165) is 35.3 Å². The van der Waals surface area contributed by atoms with E-state index in [2.05, 4.69) is 27.9 Å². The van der Waals surface area contributed by atoms with Crippen molar-refractivity contribution >= 4 is 35.5 Å². The van der Waals surface area contributed by atoms with Gasteiger partial charge in [0.15, 0.2) is 0 Å². The van der Waals surface area contributed by atoms with Crippen LogP contribution in [0.2, 0.25) is 0 Å². The van der Waals surface area contributed by atoms with Gasteiger partial charge in [0.1, 0.15) is 0 Å². The lowest BCUT2D eigenvalue weighted by Gasteiger charge is -2.32. The number of rotatable bonds is 3. The molecule has 1 aliphatic heterocycles. The molecule has 4 rings (SSSR count). The molecular weight excluding hydrogens is 396 g/mol. The van der Waals surface area contributed by atoms with E-state index in [0.29, 0.717) is 29.1 Å². The average Bonchev–Trinajstić information content (AvgIpc) is 2.74. The molecule has 1 saturated heterocycles. The first-order valence-corrected chi connectivity index (χ1v) is 10.5. The van der Waals surface area contributed by atoms with Gasteiger partial charge < -0.3 is 10.2 Å². The number of thiol groups is 1. The second-order valence-electron chi connectivity index (χ2n) is 7.66. The van der Waals surface area contributed by atoms with Crippen molar-refractivity contribution in [1.29, 1.82) is 0 Å². The number of amides is 2. The molecule has 3 aromatic rings. The van der Waals surface area contributed by atoms with Gasteiger partial charge in [-0.3, -0.25) is 9.59 Å². The van der Waals surface area contributed by atoms with E-state index in [1.165, 1.54) is 0 Å². The maximum absolute atomic E-state index is 13.0. The molecule has 0 radical (unpaired) electrons. The van der Waals surface area contributed by atoms with Crippen LogP contribution in [0, 0.1) is 13.8 Å². The number of aryl methyl sites for hydroxylation is 2. The normalized spacial score (nSPS) is 14.7. The second kappa shape index (κ2) is 8.44. The van der Waals surface area contributed by atoms with Crippen LogP contribution in [0.15, 0.2) is 47.4 Å². The van der Waals surface area contributed by atoms with Crippen LogP contribution in [0.5, 0.6) is 0 Å². The third-order valence-electron chi connectivity index (χ3n) is 5.59. The summed E-state index contributed by atoms with van der Waals surface area (Å²) in [5, 5.41) is 3.07. The molecule has 30 heavy (non-hydrogen) atoms. The molecule has 2 heterocycles. The van der Waals surface area contributed by atoms with E-state index < -0.39 is 0 Å². The Morgan fingerprint density at radius 3 is 2.37 bits per heavy atom. The second-order valence-corrected chi connectivity index (χ2v) is 8.14. The lowest BCUT2D eigenvalue weighted by molar-refractivity contribution is 0.0698. The highest BCUT2D eigenvalue weighted by Gasteiger charge is 2.25. The SMILES string of the molecule is Cc1nc2ccc(C(=O)N3CCC(NC(=O)c4ccccc4S)CC3)cc2nc1C. The minimum absolute atomic E-state index is 0.0117. The van der Waals surface area contributed by atoms with Crippen LogP contribution in [0.25, 0.3) is 11.0 Å². The molecule has 0 bridgehead atoms. The van der Waals surface area contributed by atoms with Crippen LogP contribution in [-0.2, 0) is 0 Å². The van der Waals surface area contributed by atoms with E-state index in [4.69, 9.17) is 0 Å². The summed E-state index contributed by atoms with van der Waals surface area (Å²) < 4.78 is 0. The maximum atomic E-state index is 13.0. The Hall–Kier alpha value is -2.93. The number of fused-ring (bicyclic) bond motifs is 1. The predicted molar refractivity (Wildman–Crippen MR) is 119 cm³/mol. The van der Waals surface area contributed by atoms with Gasteiger partial charge in [-0.2, -0.15) is 0 Å². The van der Waals surface area contributed by atoms with Crippen molar-refractivity contribution in [2.24, 2.45) is 0 Å². The van der Waals surface area contributed by atoms with Gasteiger partial charge in [-0.25, -0.2) is 9.97 Å². The summed E-state index contributed by atoms with van der Waals surface area (Å²) in [7, 11) is 0. The van der Waals surface area contributed by atoms with E-state index in [1.807, 2.05) is 49.1 Å². The molecule has 1 aromatic heterocycles. The van der Waals surface area contributed by atoms with Crippen LogP contribution >= 0.6 is 12.6 Å². The number of benzene rings is 2. The van der Waals surface area contributed by atoms with Crippen LogP contribution < -0.4 is 5.32 Å². The van der Waals surface area contributed by atoms with Gasteiger partial charge in [0.05, 0.1) is 28.0 Å². The van der Waals surface area contributed by atoms with Crippen LogP contribution in [-0.4, -0.2) is 45.8 Å². The fourth-order valence-electron chi connectivity index (χ4n) is 3.70. The monoisotopic (exact) mass is 420 g/mol. The zero-order valence-corrected chi connectivity index (χ0v) is 17.9. The van der Waals surface area contributed by atoms with E-state index in [1.54, 1.807) is 12.1 Å². The summed E-state index contributed by atoms with van der Waals surface area (Å²) in [6, 6.07) is 12.8. The molecule has 154 valence electrons. The number of carbonyl (C=O) groups is 2. The van der Waals surface area contributed by atoms with Gasteiger partial charge in [-0.15, -0.1) is 12.6 Å². The maximum Gasteiger partial charge on any atom is 0.253 e. The number of likely N-dealkylation sites (tertiary alicyclic amines) is 1. The number of hydrogen-bond acceptors (Lipinski definition) is 5. The third-order valence-corrected chi connectivity index (χ3v) is 5.98. The standard InChI is InChI=1S/C23H24N4O2S/c1-14-15(2)25-20-13-16(7-8-19(20)24-14)23(29)27-11-9-17(10-12-27)26-22(28)18-5-3-4-6-21(18)30/h3-8,13,17,30H,9-12H2,1-2H3,(H,26,28). The number of nitrogens with zero attached hydrogens (tertiary/aromatic N) is 3. The number of aromatic nitrogens is 2. The minimum Gasteiger partial charge on any atom is -0.349 e. The summed E-state index contributed by atoms with van der Waals surface area (Å²) >= 11 is 4.35. The van der Waals surface area contributed by atoms with Crippen molar-refractivity contribution in [2.45, 2.75) is 37.6 Å². The highest BCUT2D eigenvalue weighted by molar-refractivity contribution is 7.80. The van der Waals surface area contributed by atoms with E-state index in [-0.39, 0.29) is 17.9 Å². The molecule has 0 atom stereocenters. The van der Waals surface area contributed by atoms with Crippen LogP contribution in [0.1, 0.15) is 44.9 Å². The zero-order valence-electron chi connectivity index (χ0n) is 17.1. The van der Waals surface area contributed by atoms with Crippen molar-refractivity contribution in [3.63, 3.8) is 0 Å². The van der Waals surface area contributed by atoms with Gasteiger partial charge in [-0.05, 0) is 57.0 Å². The van der Waals surface area contributed by atoms with Crippen molar-refractivity contribution in [3.8, 4) is 0 Å². The molecule has 2 amide bonds. The van der Waals surface area contributed by atoms with Crippen LogP contribution in [0.3, 0.4) is 0 Å². The lowest BCUT2D eigenvalue weighted by Crippen LogP contribution is -2.46. The predicted octanol–water partition coefficient (Wildman–Crippen LogP) is 3.57. The summed E-state index contributed by atoms with van der Waals surface area (Å²) in [6.45, 7) is 5.05. The first-order valence-electron chi connectivity index (χ1n) is 10.1. The molecule has 2 aromatic carbocycles.